The molecule has 0 aliphatic rings. The van der Waals surface area contributed by atoms with Crippen LogP contribution in [0, 0.1) is 5.41 Å². The van der Waals surface area contributed by atoms with Crippen molar-refractivity contribution < 1.29 is 4.79 Å². The highest BCUT2D eigenvalue weighted by molar-refractivity contribution is 6.06. The zero-order valence-corrected chi connectivity index (χ0v) is 19.4. The molecule has 10 nitrogen and oxygen atoms in total. The van der Waals surface area contributed by atoms with Gasteiger partial charge in [0.25, 0.3) is 5.91 Å². The van der Waals surface area contributed by atoms with Gasteiger partial charge in [-0.1, -0.05) is 12.1 Å². The van der Waals surface area contributed by atoms with Gasteiger partial charge in [-0.15, -0.1) is 0 Å². The molecule has 0 spiro atoms. The van der Waals surface area contributed by atoms with E-state index in [2.05, 4.69) is 35.8 Å². The Morgan fingerprint density at radius 1 is 0.946 bits per heavy atom. The summed E-state index contributed by atoms with van der Waals surface area (Å²) in [7, 11) is 0. The van der Waals surface area contributed by atoms with Gasteiger partial charge in [-0.25, -0.2) is 9.97 Å². The van der Waals surface area contributed by atoms with Crippen LogP contribution in [0.3, 0.4) is 0 Å². The number of nitrogens with two attached hydrogens (primary N) is 1. The zero-order chi connectivity index (χ0) is 25.4. The van der Waals surface area contributed by atoms with E-state index in [1.54, 1.807) is 42.7 Å². The molecule has 6 rings (SSSR count). The van der Waals surface area contributed by atoms with E-state index < -0.39 is 0 Å². The number of nitrogen functional groups attached to an aromatic ring is 1. The van der Waals surface area contributed by atoms with Crippen LogP contribution in [0.4, 0.5) is 22.9 Å². The summed E-state index contributed by atoms with van der Waals surface area (Å²) < 4.78 is 0. The van der Waals surface area contributed by atoms with Crippen LogP contribution in [0.2, 0.25) is 0 Å². The van der Waals surface area contributed by atoms with Gasteiger partial charge in [-0.05, 0) is 54.6 Å². The predicted molar refractivity (Wildman–Crippen MR) is 145 cm³/mol. The van der Waals surface area contributed by atoms with Gasteiger partial charge in [0.2, 0.25) is 0 Å². The standard InChI is InChI=1S/C27H21N9O/c28-13-17-9-20(3-5-21(17)29)33-27(37)24-11-15-1-2-16(12-23(15)34-24)26-30-8-7-25(35-26)32-19-4-6-22-18(10-19)14-31-36-22/h1-14,28,34H,29H2,(H,31,36)(H,33,37)(H,30,32,35). The van der Waals surface area contributed by atoms with Crippen molar-refractivity contribution in [1.82, 2.24) is 25.1 Å². The minimum Gasteiger partial charge on any atom is -0.398 e. The fourth-order valence-corrected chi connectivity index (χ4v) is 4.10. The SMILES string of the molecule is N=Cc1cc(NC(=O)c2cc3ccc(-c4nccc(Nc5ccc6[nH]ncc6c5)n4)cc3[nH]2)ccc1N. The fourth-order valence-electron chi connectivity index (χ4n) is 4.10. The van der Waals surface area contributed by atoms with Crippen molar-refractivity contribution in [2.45, 2.75) is 0 Å². The summed E-state index contributed by atoms with van der Waals surface area (Å²) in [6, 6.07) is 20.3. The molecule has 0 bridgehead atoms. The van der Waals surface area contributed by atoms with Crippen molar-refractivity contribution in [1.29, 1.82) is 5.41 Å². The number of hydrogen-bond donors (Lipinski definition) is 6. The first-order chi connectivity index (χ1) is 18.1. The summed E-state index contributed by atoms with van der Waals surface area (Å²) in [6.45, 7) is 0. The van der Waals surface area contributed by atoms with Gasteiger partial charge < -0.3 is 26.8 Å². The van der Waals surface area contributed by atoms with Crippen LogP contribution in [0.1, 0.15) is 16.1 Å². The molecule has 0 saturated heterocycles. The highest BCUT2D eigenvalue weighted by Gasteiger charge is 2.12. The smallest absolute Gasteiger partial charge is 0.272 e. The van der Waals surface area contributed by atoms with Crippen LogP contribution in [-0.4, -0.2) is 37.3 Å². The lowest BCUT2D eigenvalue weighted by molar-refractivity contribution is 0.102. The molecular formula is C27H21N9O. The van der Waals surface area contributed by atoms with E-state index in [4.69, 9.17) is 11.1 Å². The molecule has 0 atom stereocenters. The van der Waals surface area contributed by atoms with Gasteiger partial charge in [0.05, 0.1) is 11.7 Å². The molecule has 3 aromatic carbocycles. The average molecular weight is 488 g/mol. The Bertz CT molecular complexity index is 1800. The second-order valence-corrected chi connectivity index (χ2v) is 8.49. The quantitative estimate of drug-likeness (QED) is 0.142. The maximum absolute atomic E-state index is 12.8. The number of rotatable bonds is 6. The number of carbonyl (C=O) groups excluding carboxylic acids is 1. The normalized spacial score (nSPS) is 11.0. The highest BCUT2D eigenvalue weighted by Crippen LogP contribution is 2.25. The summed E-state index contributed by atoms with van der Waals surface area (Å²) >= 11 is 0. The van der Waals surface area contributed by atoms with Crippen LogP contribution >= 0.6 is 0 Å². The molecule has 10 heteroatoms. The number of hydrogen-bond acceptors (Lipinski definition) is 7. The molecular weight excluding hydrogens is 466 g/mol. The van der Waals surface area contributed by atoms with Crippen LogP contribution < -0.4 is 16.4 Å². The third-order valence-electron chi connectivity index (χ3n) is 5.99. The molecule has 3 heterocycles. The number of H-pyrrole nitrogens is 2. The Kier molecular flexibility index (Phi) is 5.31. The summed E-state index contributed by atoms with van der Waals surface area (Å²) in [6.07, 6.45) is 4.63. The maximum Gasteiger partial charge on any atom is 0.272 e. The maximum atomic E-state index is 12.8. The number of amides is 1. The highest BCUT2D eigenvalue weighted by atomic mass is 16.1. The number of benzene rings is 3. The van der Waals surface area contributed by atoms with Crippen molar-refractivity contribution >= 4 is 56.8 Å². The summed E-state index contributed by atoms with van der Waals surface area (Å²) in [5.41, 5.74) is 11.3. The Morgan fingerprint density at radius 2 is 1.84 bits per heavy atom. The van der Waals surface area contributed by atoms with Gasteiger partial charge in [0, 0.05) is 56.9 Å². The minimum absolute atomic E-state index is 0.296. The number of aromatic nitrogens is 5. The molecule has 0 fully saturated rings. The van der Waals surface area contributed by atoms with Crippen LogP contribution in [-0.2, 0) is 0 Å². The molecule has 6 aromatic rings. The average Bonchev–Trinajstić information content (AvgIpc) is 3.56. The number of carbonyl (C=O) groups is 1. The summed E-state index contributed by atoms with van der Waals surface area (Å²) in [5.74, 6) is 0.917. The van der Waals surface area contributed by atoms with E-state index in [0.717, 1.165) is 39.3 Å². The van der Waals surface area contributed by atoms with E-state index in [1.807, 2.05) is 36.4 Å². The van der Waals surface area contributed by atoms with Crippen molar-refractivity contribution in [2.75, 3.05) is 16.4 Å². The summed E-state index contributed by atoms with van der Waals surface area (Å²) in [4.78, 5) is 25.1. The molecule has 37 heavy (non-hydrogen) atoms. The lowest BCUT2D eigenvalue weighted by atomic mass is 10.1. The first kappa shape index (κ1) is 22.0. The lowest BCUT2D eigenvalue weighted by Gasteiger charge is -2.07. The Hall–Kier alpha value is -5.51. The predicted octanol–water partition coefficient (Wildman–Crippen LogP) is 5.08. The molecule has 0 aliphatic carbocycles. The van der Waals surface area contributed by atoms with E-state index in [-0.39, 0.29) is 5.91 Å². The Labute approximate surface area is 210 Å². The Balaban J connectivity index is 1.23. The van der Waals surface area contributed by atoms with Crippen LogP contribution in [0.15, 0.2) is 79.1 Å². The summed E-state index contributed by atoms with van der Waals surface area (Å²) in [5, 5.41) is 22.5. The number of fused-ring (bicyclic) bond motifs is 2. The molecule has 0 unspecified atom stereocenters. The van der Waals surface area contributed by atoms with Gasteiger partial charge in [0.15, 0.2) is 5.82 Å². The number of nitrogens with one attached hydrogen (secondary N) is 5. The second kappa shape index (κ2) is 8.93. The molecule has 180 valence electrons. The van der Waals surface area contributed by atoms with E-state index >= 15 is 0 Å². The molecule has 0 radical (unpaired) electrons. The van der Waals surface area contributed by atoms with Gasteiger partial charge in [0.1, 0.15) is 11.5 Å². The minimum atomic E-state index is -0.296. The molecule has 0 saturated carbocycles. The molecule has 0 aliphatic heterocycles. The zero-order valence-electron chi connectivity index (χ0n) is 19.4. The first-order valence-electron chi connectivity index (χ1n) is 11.4. The van der Waals surface area contributed by atoms with Crippen molar-refractivity contribution in [3.05, 3.63) is 90.4 Å². The molecule has 3 aromatic heterocycles. The lowest BCUT2D eigenvalue weighted by Crippen LogP contribution is -2.12. The van der Waals surface area contributed by atoms with E-state index in [1.165, 1.54) is 0 Å². The number of nitrogens with zero attached hydrogens (tertiary/aromatic N) is 3. The molecule has 7 N–H and O–H groups in total. The van der Waals surface area contributed by atoms with E-state index in [9.17, 15) is 4.79 Å². The molecule has 1 amide bonds. The van der Waals surface area contributed by atoms with Crippen LogP contribution in [0.5, 0.6) is 0 Å². The van der Waals surface area contributed by atoms with Gasteiger partial charge in [-0.2, -0.15) is 5.10 Å². The largest absolute Gasteiger partial charge is 0.398 e. The third kappa shape index (κ3) is 4.34. The number of anilines is 4. The van der Waals surface area contributed by atoms with Crippen molar-refractivity contribution in [3.63, 3.8) is 0 Å². The number of aromatic amines is 2. The third-order valence-corrected chi connectivity index (χ3v) is 5.99. The first-order valence-corrected chi connectivity index (χ1v) is 11.4. The van der Waals surface area contributed by atoms with Crippen molar-refractivity contribution in [2.24, 2.45) is 0 Å². The van der Waals surface area contributed by atoms with Crippen molar-refractivity contribution in [3.8, 4) is 11.4 Å². The Morgan fingerprint density at radius 3 is 2.73 bits per heavy atom. The fraction of sp³-hybridized carbons (Fsp3) is 0. The van der Waals surface area contributed by atoms with Gasteiger partial charge in [-0.3, -0.25) is 9.89 Å². The monoisotopic (exact) mass is 487 g/mol. The van der Waals surface area contributed by atoms with E-state index in [0.29, 0.717) is 34.3 Å². The van der Waals surface area contributed by atoms with Gasteiger partial charge >= 0.3 is 0 Å². The van der Waals surface area contributed by atoms with Crippen LogP contribution in [0.25, 0.3) is 33.2 Å². The topological polar surface area (TPSA) is 161 Å². The second-order valence-electron chi connectivity index (χ2n) is 8.49.